The Bertz CT molecular complexity index is 957. The van der Waals surface area contributed by atoms with Gasteiger partial charge in [0.25, 0.3) is 5.69 Å². The molecule has 1 atom stereocenters. The van der Waals surface area contributed by atoms with Crippen molar-refractivity contribution in [2.24, 2.45) is 0 Å². The smallest absolute Gasteiger partial charge is 0.270 e. The van der Waals surface area contributed by atoms with E-state index < -0.39 is 15.6 Å². The van der Waals surface area contributed by atoms with E-state index in [1.54, 1.807) is 18.3 Å². The van der Waals surface area contributed by atoms with Crippen LogP contribution in [0.3, 0.4) is 0 Å². The van der Waals surface area contributed by atoms with Crippen LogP contribution in [-0.2, 0) is 9.13 Å². The number of benzene rings is 1. The minimum atomic E-state index is -5.39. The van der Waals surface area contributed by atoms with Gasteiger partial charge < -0.3 is 48.7 Å². The number of fused-ring (bicyclic) bond motifs is 1. The summed E-state index contributed by atoms with van der Waals surface area (Å²) in [4.78, 5) is 68.6. The SMILES string of the molecule is CCN(CC)CCCC(C)Nc1ccnc2ccc([N+](=O)[O-])cc12.O=P([O-])([O-])[O-].O=P([O-])([O-])[O-]. The van der Waals surface area contributed by atoms with Crippen LogP contribution in [0.4, 0.5) is 11.4 Å². The van der Waals surface area contributed by atoms with Crippen molar-refractivity contribution in [2.75, 3.05) is 25.0 Å². The molecule has 1 heterocycles. The lowest BCUT2D eigenvalue weighted by atomic mass is 10.1. The summed E-state index contributed by atoms with van der Waals surface area (Å²) >= 11 is 0. The monoisotopic (exact) mass is 520 g/mol. The van der Waals surface area contributed by atoms with Gasteiger partial charge >= 0.3 is 0 Å². The van der Waals surface area contributed by atoms with Gasteiger partial charge in [0.1, 0.15) is 0 Å². The first-order valence-electron chi connectivity index (χ1n) is 10.0. The first kappa shape index (κ1) is 32.0. The lowest BCUT2D eigenvalue weighted by molar-refractivity contribution is -0.434. The van der Waals surface area contributed by atoms with Crippen molar-refractivity contribution in [3.63, 3.8) is 0 Å². The Morgan fingerprint density at radius 1 is 1.03 bits per heavy atom. The number of phosphoric acid groups is 2. The minimum absolute atomic E-state index is 0.0905. The van der Waals surface area contributed by atoms with E-state index in [2.05, 4.69) is 36.0 Å². The normalized spacial score (nSPS) is 12.3. The lowest BCUT2D eigenvalue weighted by Gasteiger charge is -2.36. The Morgan fingerprint density at radius 3 is 2.03 bits per heavy atom. The van der Waals surface area contributed by atoms with Crippen molar-refractivity contribution >= 4 is 37.9 Å². The molecule has 1 unspecified atom stereocenters. The fraction of sp³-hybridized carbons (Fsp3) is 0.500. The molecule has 14 nitrogen and oxygen atoms in total. The standard InChI is InChI=1S/C18H26N4O2.2H3O4P/c1-4-21(5-2)12-6-7-14(3)20-18-10-11-19-17-9-8-15(22(23)24)13-16(17)18;2*1-5(2,3)4/h8-11,13-14H,4-7,12H2,1-3H3,(H,19,20);2*(H3,1,2,3,4)/p-6. The van der Waals surface area contributed by atoms with Crippen LogP contribution in [0.25, 0.3) is 10.9 Å². The molecule has 2 aromatic rings. The van der Waals surface area contributed by atoms with Crippen LogP contribution < -0.4 is 34.7 Å². The molecule has 0 amide bonds. The van der Waals surface area contributed by atoms with Crippen LogP contribution >= 0.6 is 15.6 Å². The summed E-state index contributed by atoms with van der Waals surface area (Å²) in [7, 11) is -10.8. The van der Waals surface area contributed by atoms with Gasteiger partial charge in [-0.25, -0.2) is 0 Å². The molecule has 0 saturated heterocycles. The highest BCUT2D eigenvalue weighted by Gasteiger charge is 2.11. The third-order valence-corrected chi connectivity index (χ3v) is 4.34. The van der Waals surface area contributed by atoms with Gasteiger partial charge in [0.15, 0.2) is 0 Å². The minimum Gasteiger partial charge on any atom is -0.822 e. The lowest BCUT2D eigenvalue weighted by Crippen LogP contribution is -2.25. The number of anilines is 1. The molecule has 0 aliphatic heterocycles. The van der Waals surface area contributed by atoms with Crippen molar-refractivity contribution in [1.82, 2.24) is 9.88 Å². The number of non-ortho nitro benzene ring substituents is 1. The maximum atomic E-state index is 11.0. The Balaban J connectivity index is 0.000000916. The van der Waals surface area contributed by atoms with E-state index >= 15 is 0 Å². The second kappa shape index (κ2) is 15.1. The molecule has 0 fully saturated rings. The predicted octanol–water partition coefficient (Wildman–Crippen LogP) is -1.58. The van der Waals surface area contributed by atoms with E-state index in [-0.39, 0.29) is 10.6 Å². The molecule has 194 valence electrons. The fourth-order valence-electron chi connectivity index (χ4n) is 2.87. The quantitative estimate of drug-likeness (QED) is 0.223. The summed E-state index contributed by atoms with van der Waals surface area (Å²) in [6.07, 6.45) is 3.91. The Labute approximate surface area is 196 Å². The van der Waals surface area contributed by atoms with Gasteiger partial charge in [-0.15, -0.1) is 0 Å². The third-order valence-electron chi connectivity index (χ3n) is 4.34. The second-order valence-corrected chi connectivity index (χ2v) is 8.71. The number of nitro groups is 1. The van der Waals surface area contributed by atoms with Gasteiger partial charge in [0, 0.05) is 35.4 Å². The van der Waals surface area contributed by atoms with Gasteiger partial charge in [-0.3, -0.25) is 15.1 Å². The van der Waals surface area contributed by atoms with Gasteiger partial charge in [0.2, 0.25) is 0 Å². The predicted molar refractivity (Wildman–Crippen MR) is 114 cm³/mol. The molecule has 0 spiro atoms. The number of pyridine rings is 1. The molecule has 1 aromatic heterocycles. The first-order valence-corrected chi connectivity index (χ1v) is 12.9. The highest BCUT2D eigenvalue weighted by molar-refractivity contribution is 7.40. The van der Waals surface area contributed by atoms with Gasteiger partial charge in [0.05, 0.1) is 10.4 Å². The van der Waals surface area contributed by atoms with E-state index in [4.69, 9.17) is 38.5 Å². The summed E-state index contributed by atoms with van der Waals surface area (Å²) < 4.78 is 17.1. The zero-order valence-electron chi connectivity index (χ0n) is 18.8. The molecule has 0 bridgehead atoms. The van der Waals surface area contributed by atoms with E-state index in [1.807, 2.05) is 6.07 Å². The molecular formula is C18H26N4O10P2-6. The van der Waals surface area contributed by atoms with Crippen molar-refractivity contribution < 1.29 is 43.4 Å². The van der Waals surface area contributed by atoms with Crippen molar-refractivity contribution in [1.29, 1.82) is 0 Å². The zero-order chi connectivity index (χ0) is 26.5. The molecule has 1 N–H and O–H groups in total. The molecule has 0 saturated carbocycles. The van der Waals surface area contributed by atoms with Crippen LogP contribution in [0, 0.1) is 10.1 Å². The number of nitrogens with one attached hydrogen (secondary N) is 1. The molecule has 0 aliphatic carbocycles. The van der Waals surface area contributed by atoms with Crippen molar-refractivity contribution in [2.45, 2.75) is 39.7 Å². The van der Waals surface area contributed by atoms with Crippen LogP contribution in [0.5, 0.6) is 0 Å². The molecule has 2 rings (SSSR count). The number of nitrogens with zero attached hydrogens (tertiary/aromatic N) is 3. The molecule has 16 heteroatoms. The first-order chi connectivity index (χ1) is 15.5. The van der Waals surface area contributed by atoms with Crippen LogP contribution in [0.2, 0.25) is 0 Å². The number of hydrogen-bond acceptors (Lipinski definition) is 13. The van der Waals surface area contributed by atoms with Crippen LogP contribution in [0.1, 0.15) is 33.6 Å². The Kier molecular flexibility index (Phi) is 14.2. The summed E-state index contributed by atoms with van der Waals surface area (Å²) in [5.41, 5.74) is 1.76. The summed E-state index contributed by atoms with van der Waals surface area (Å²) in [5, 5.41) is 15.3. The molecule has 1 aromatic carbocycles. The maximum Gasteiger partial charge on any atom is 0.270 e. The Hall–Kier alpha value is -1.99. The van der Waals surface area contributed by atoms with Gasteiger partial charge in [-0.05, 0) is 51.5 Å². The number of nitro benzene ring substituents is 1. The maximum absolute atomic E-state index is 11.0. The fourth-order valence-corrected chi connectivity index (χ4v) is 2.87. The zero-order valence-corrected chi connectivity index (χ0v) is 20.6. The second-order valence-electron chi connectivity index (χ2n) is 6.93. The van der Waals surface area contributed by atoms with Gasteiger partial charge in [-0.1, -0.05) is 13.8 Å². The van der Waals surface area contributed by atoms with Crippen molar-refractivity contribution in [3.05, 3.63) is 40.6 Å². The Morgan fingerprint density at radius 2 is 1.56 bits per heavy atom. The number of hydrogen-bond donors (Lipinski definition) is 1. The van der Waals surface area contributed by atoms with E-state index in [0.29, 0.717) is 6.04 Å². The largest absolute Gasteiger partial charge is 0.822 e. The van der Waals surface area contributed by atoms with E-state index in [9.17, 15) is 10.1 Å². The number of rotatable bonds is 9. The summed E-state index contributed by atoms with van der Waals surface area (Å²) in [5.74, 6) is 0. The van der Waals surface area contributed by atoms with E-state index in [1.165, 1.54) is 6.07 Å². The van der Waals surface area contributed by atoms with Crippen LogP contribution in [0.15, 0.2) is 30.5 Å². The molecule has 0 radical (unpaired) electrons. The summed E-state index contributed by atoms with van der Waals surface area (Å²) in [6.45, 7) is 9.77. The molecule has 0 aliphatic rings. The van der Waals surface area contributed by atoms with Crippen molar-refractivity contribution in [3.8, 4) is 0 Å². The van der Waals surface area contributed by atoms with Crippen LogP contribution in [-0.4, -0.2) is 40.5 Å². The molecule has 34 heavy (non-hydrogen) atoms. The highest BCUT2D eigenvalue weighted by atomic mass is 31.2. The summed E-state index contributed by atoms with van der Waals surface area (Å²) in [6, 6.07) is 6.96. The van der Waals surface area contributed by atoms with Gasteiger partial charge in [-0.2, -0.15) is 15.6 Å². The topological polar surface area (TPSA) is 244 Å². The number of aromatic nitrogens is 1. The average Bonchev–Trinajstić information content (AvgIpc) is 2.68. The third kappa shape index (κ3) is 16.6. The highest BCUT2D eigenvalue weighted by Crippen LogP contribution is 2.26. The average molecular weight is 520 g/mol. The van der Waals surface area contributed by atoms with E-state index in [0.717, 1.165) is 49.1 Å². The molecular weight excluding hydrogens is 494 g/mol.